The monoisotopic (exact) mass is 238 g/mol. The Morgan fingerprint density at radius 2 is 1.81 bits per heavy atom. The van der Waals surface area contributed by atoms with E-state index in [9.17, 15) is 18.0 Å². The van der Waals surface area contributed by atoms with Crippen LogP contribution >= 0.6 is 0 Å². The van der Waals surface area contributed by atoms with Crippen molar-refractivity contribution in [3.8, 4) is 0 Å². The van der Waals surface area contributed by atoms with E-state index < -0.39 is 23.1 Å². The molecule has 0 fully saturated rings. The number of ether oxygens (including phenoxy) is 1. The quantitative estimate of drug-likeness (QED) is 0.465. The van der Waals surface area contributed by atoms with Gasteiger partial charge in [-0.25, -0.2) is 0 Å². The molecule has 0 aliphatic rings. The number of aliphatic hydroxyl groups excluding tert-OH is 1. The maximum atomic E-state index is 12.4. The lowest BCUT2D eigenvalue weighted by atomic mass is 9.87. The van der Waals surface area contributed by atoms with E-state index in [4.69, 9.17) is 5.11 Å². The van der Waals surface area contributed by atoms with Crippen LogP contribution in [0, 0.1) is 5.41 Å². The van der Waals surface area contributed by atoms with E-state index in [0.717, 1.165) is 26.2 Å². The van der Waals surface area contributed by atoms with Crippen LogP contribution in [-0.4, -0.2) is 24.2 Å². The van der Waals surface area contributed by atoms with Crippen LogP contribution in [0.2, 0.25) is 0 Å². The van der Waals surface area contributed by atoms with Gasteiger partial charge < -0.3 is 9.84 Å². The average Bonchev–Trinajstić information content (AvgIpc) is 2.12. The number of allylic oxidation sites excluding steroid dienone is 2. The van der Waals surface area contributed by atoms with Crippen molar-refractivity contribution in [2.45, 2.75) is 20.0 Å². The van der Waals surface area contributed by atoms with E-state index in [1.165, 1.54) is 7.11 Å². The van der Waals surface area contributed by atoms with E-state index in [0.29, 0.717) is 6.08 Å². The van der Waals surface area contributed by atoms with Gasteiger partial charge in [0.1, 0.15) is 11.2 Å². The van der Waals surface area contributed by atoms with Crippen LogP contribution in [0.4, 0.5) is 13.2 Å². The van der Waals surface area contributed by atoms with E-state index in [2.05, 4.69) is 4.74 Å². The topological polar surface area (TPSA) is 46.5 Å². The number of carbonyl (C=O) groups is 1. The van der Waals surface area contributed by atoms with E-state index in [1.54, 1.807) is 0 Å². The zero-order valence-corrected chi connectivity index (χ0v) is 9.13. The average molecular weight is 238 g/mol. The molecule has 0 aromatic heterocycles. The maximum Gasteiger partial charge on any atom is 0.401 e. The van der Waals surface area contributed by atoms with Crippen molar-refractivity contribution in [3.05, 3.63) is 24.2 Å². The molecule has 0 bridgehead atoms. The van der Waals surface area contributed by atoms with Gasteiger partial charge in [0.15, 0.2) is 5.78 Å². The van der Waals surface area contributed by atoms with Gasteiger partial charge in [-0.1, -0.05) is 0 Å². The number of ketones is 1. The summed E-state index contributed by atoms with van der Waals surface area (Å²) in [5.41, 5.74) is -2.53. The number of alkyl halides is 3. The Kier molecular flexibility index (Phi) is 4.59. The molecule has 0 aliphatic heterocycles. The molecule has 0 unspecified atom stereocenters. The smallest absolute Gasteiger partial charge is 0.401 e. The second kappa shape index (κ2) is 5.05. The van der Waals surface area contributed by atoms with Crippen LogP contribution in [0.3, 0.4) is 0 Å². The van der Waals surface area contributed by atoms with Crippen molar-refractivity contribution in [2.24, 2.45) is 5.41 Å². The zero-order chi connectivity index (χ0) is 13.0. The lowest BCUT2D eigenvalue weighted by molar-refractivity contribution is -0.207. The lowest BCUT2D eigenvalue weighted by Gasteiger charge is -2.24. The highest BCUT2D eigenvalue weighted by Crippen LogP contribution is 2.38. The molecule has 6 heteroatoms. The molecule has 3 nitrogen and oxygen atoms in total. The van der Waals surface area contributed by atoms with Crippen molar-refractivity contribution in [1.29, 1.82) is 0 Å². The predicted molar refractivity (Wildman–Crippen MR) is 51.7 cm³/mol. The Morgan fingerprint density at radius 3 is 2.19 bits per heavy atom. The molecule has 0 heterocycles. The number of hydrogen-bond acceptors (Lipinski definition) is 3. The van der Waals surface area contributed by atoms with Crippen LogP contribution in [-0.2, 0) is 9.53 Å². The van der Waals surface area contributed by atoms with Crippen molar-refractivity contribution in [3.63, 3.8) is 0 Å². The zero-order valence-electron chi connectivity index (χ0n) is 9.13. The predicted octanol–water partition coefficient (Wildman–Crippen LogP) is 2.75. The maximum absolute atomic E-state index is 12.4. The molecule has 1 N–H and O–H groups in total. The Hall–Kier alpha value is -1.46. The largest absolute Gasteiger partial charge is 0.508 e. The first-order valence-electron chi connectivity index (χ1n) is 4.34. The van der Waals surface area contributed by atoms with Crippen LogP contribution in [0.25, 0.3) is 0 Å². The summed E-state index contributed by atoms with van der Waals surface area (Å²) >= 11 is 0. The number of hydrogen-bond donors (Lipinski definition) is 1. The Morgan fingerprint density at radius 1 is 1.31 bits per heavy atom. The second-order valence-corrected chi connectivity index (χ2v) is 3.59. The Bertz CT molecular complexity index is 314. The van der Waals surface area contributed by atoms with Crippen molar-refractivity contribution in [1.82, 2.24) is 0 Å². The first-order chi connectivity index (χ1) is 7.13. The van der Waals surface area contributed by atoms with Crippen LogP contribution in [0.5, 0.6) is 0 Å². The minimum Gasteiger partial charge on any atom is -0.508 e. The summed E-state index contributed by atoms with van der Waals surface area (Å²) in [6.07, 6.45) is -2.13. The first-order valence-corrected chi connectivity index (χ1v) is 4.34. The fourth-order valence-electron chi connectivity index (χ4n) is 0.640. The molecule has 0 saturated carbocycles. The summed E-state index contributed by atoms with van der Waals surface area (Å²) in [4.78, 5) is 11.3. The van der Waals surface area contributed by atoms with Crippen LogP contribution in [0.15, 0.2) is 24.2 Å². The van der Waals surface area contributed by atoms with Gasteiger partial charge in [0.2, 0.25) is 0 Å². The van der Waals surface area contributed by atoms with Crippen LogP contribution < -0.4 is 0 Å². The third kappa shape index (κ3) is 3.60. The summed E-state index contributed by atoms with van der Waals surface area (Å²) in [7, 11) is 1.30. The van der Waals surface area contributed by atoms with E-state index >= 15 is 0 Å². The lowest BCUT2D eigenvalue weighted by Crippen LogP contribution is -2.38. The van der Waals surface area contributed by atoms with Gasteiger partial charge in [-0.2, -0.15) is 13.2 Å². The highest BCUT2D eigenvalue weighted by Gasteiger charge is 2.51. The fourth-order valence-corrected chi connectivity index (χ4v) is 0.640. The number of aliphatic hydroxyl groups is 1. The Labute approximate surface area is 91.2 Å². The molecule has 0 aromatic carbocycles. The fraction of sp³-hybridized carbons (Fsp3) is 0.500. The summed E-state index contributed by atoms with van der Waals surface area (Å²) in [5.74, 6) is -1.82. The number of carbonyl (C=O) groups excluding carboxylic acids is 1. The summed E-state index contributed by atoms with van der Waals surface area (Å²) in [6.45, 7) is 1.50. The van der Waals surface area contributed by atoms with Gasteiger partial charge in [0.25, 0.3) is 0 Å². The molecule has 0 atom stereocenters. The van der Waals surface area contributed by atoms with Gasteiger partial charge >= 0.3 is 6.18 Å². The molecule has 92 valence electrons. The number of halogens is 3. The van der Waals surface area contributed by atoms with Gasteiger partial charge in [0, 0.05) is 12.2 Å². The molecule has 0 amide bonds. The SMILES string of the molecule is COC=CC(O)=CC(=O)C(C)(C)C(F)(F)F. The highest BCUT2D eigenvalue weighted by atomic mass is 19.4. The van der Waals surface area contributed by atoms with Gasteiger partial charge in [-0.05, 0) is 13.8 Å². The minimum absolute atomic E-state index is 0.517. The van der Waals surface area contributed by atoms with Crippen molar-refractivity contribution in [2.75, 3.05) is 7.11 Å². The van der Waals surface area contributed by atoms with Crippen molar-refractivity contribution >= 4 is 5.78 Å². The third-order valence-electron chi connectivity index (χ3n) is 1.98. The summed E-state index contributed by atoms with van der Waals surface area (Å²) in [6, 6.07) is 0. The van der Waals surface area contributed by atoms with Gasteiger partial charge in [-0.3, -0.25) is 4.79 Å². The van der Waals surface area contributed by atoms with Crippen LogP contribution in [0.1, 0.15) is 13.8 Å². The second-order valence-electron chi connectivity index (χ2n) is 3.59. The first kappa shape index (κ1) is 14.5. The molecule has 0 saturated heterocycles. The minimum atomic E-state index is -4.66. The summed E-state index contributed by atoms with van der Waals surface area (Å²) < 4.78 is 41.7. The van der Waals surface area contributed by atoms with E-state index in [-0.39, 0.29) is 0 Å². The standard InChI is InChI=1S/C10H13F3O3/c1-9(2,10(11,12)13)8(15)6-7(14)4-5-16-3/h4-6,14H,1-3H3. The molecule has 0 aromatic rings. The molecule has 0 radical (unpaired) electrons. The molecular formula is C10H13F3O3. The number of methoxy groups -OCH3 is 1. The Balaban J connectivity index is 4.89. The van der Waals surface area contributed by atoms with E-state index in [1.807, 2.05) is 0 Å². The summed E-state index contributed by atoms with van der Waals surface area (Å²) in [5, 5.41) is 9.09. The van der Waals surface area contributed by atoms with Crippen molar-refractivity contribution < 1.29 is 27.8 Å². The molecule has 16 heavy (non-hydrogen) atoms. The molecular weight excluding hydrogens is 225 g/mol. The molecule has 0 spiro atoms. The molecule has 0 rings (SSSR count). The number of rotatable bonds is 4. The third-order valence-corrected chi connectivity index (χ3v) is 1.98. The van der Waals surface area contributed by atoms with Gasteiger partial charge in [-0.15, -0.1) is 0 Å². The normalized spacial score (nSPS) is 14.2. The highest BCUT2D eigenvalue weighted by molar-refractivity contribution is 5.95. The molecule has 0 aliphatic carbocycles. The van der Waals surface area contributed by atoms with Gasteiger partial charge in [0.05, 0.1) is 13.4 Å².